The molecule has 0 saturated carbocycles. The highest BCUT2D eigenvalue weighted by Crippen LogP contribution is 2.08. The maximum Gasteiger partial charge on any atom is 0.137 e. The molecule has 1 aromatic heterocycles. The SMILES string of the molecule is COCCNCc1ccc(OCCOC(C)C)cn1. The van der Waals surface area contributed by atoms with E-state index in [0.717, 1.165) is 24.5 Å². The smallest absolute Gasteiger partial charge is 0.137 e. The molecular formula is C14H24N2O3. The molecule has 0 aliphatic carbocycles. The Hall–Kier alpha value is -1.17. The minimum Gasteiger partial charge on any atom is -0.490 e. The van der Waals surface area contributed by atoms with Crippen LogP contribution in [0.4, 0.5) is 0 Å². The fraction of sp³-hybridized carbons (Fsp3) is 0.643. The number of nitrogens with zero attached hydrogens (tertiary/aromatic N) is 1. The van der Waals surface area contributed by atoms with Gasteiger partial charge in [0.15, 0.2) is 0 Å². The summed E-state index contributed by atoms with van der Waals surface area (Å²) in [5.41, 5.74) is 0.988. The molecule has 108 valence electrons. The minimum absolute atomic E-state index is 0.238. The van der Waals surface area contributed by atoms with Crippen LogP contribution in [-0.2, 0) is 16.0 Å². The summed E-state index contributed by atoms with van der Waals surface area (Å²) in [4.78, 5) is 4.32. The van der Waals surface area contributed by atoms with Crippen LogP contribution in [0.5, 0.6) is 5.75 Å². The highest BCUT2D eigenvalue weighted by molar-refractivity contribution is 5.19. The summed E-state index contributed by atoms with van der Waals surface area (Å²) in [5.74, 6) is 0.771. The lowest BCUT2D eigenvalue weighted by Crippen LogP contribution is -2.19. The van der Waals surface area contributed by atoms with E-state index in [1.807, 2.05) is 26.0 Å². The molecule has 0 radical (unpaired) electrons. The molecule has 0 aliphatic heterocycles. The Balaban J connectivity index is 2.19. The van der Waals surface area contributed by atoms with E-state index in [1.165, 1.54) is 0 Å². The van der Waals surface area contributed by atoms with Crippen LogP contribution >= 0.6 is 0 Å². The third-order valence-electron chi connectivity index (χ3n) is 2.39. The number of methoxy groups -OCH3 is 1. The molecule has 0 saturated heterocycles. The van der Waals surface area contributed by atoms with E-state index in [9.17, 15) is 0 Å². The number of nitrogens with one attached hydrogen (secondary N) is 1. The highest BCUT2D eigenvalue weighted by Gasteiger charge is 1.98. The minimum atomic E-state index is 0.238. The van der Waals surface area contributed by atoms with Crippen molar-refractivity contribution in [3.8, 4) is 5.75 Å². The van der Waals surface area contributed by atoms with Crippen molar-refractivity contribution in [1.29, 1.82) is 0 Å². The molecule has 5 heteroatoms. The molecule has 0 atom stereocenters. The molecule has 0 aliphatic rings. The van der Waals surface area contributed by atoms with Crippen LogP contribution in [0.1, 0.15) is 19.5 Å². The molecule has 0 unspecified atom stereocenters. The molecule has 0 aromatic carbocycles. The van der Waals surface area contributed by atoms with Crippen LogP contribution in [0.3, 0.4) is 0 Å². The number of rotatable bonds is 10. The Kier molecular flexibility index (Phi) is 8.13. The van der Waals surface area contributed by atoms with Crippen molar-refractivity contribution in [2.45, 2.75) is 26.5 Å². The fourth-order valence-electron chi connectivity index (χ4n) is 1.43. The van der Waals surface area contributed by atoms with Gasteiger partial charge in [-0.2, -0.15) is 0 Å². The van der Waals surface area contributed by atoms with Crippen molar-refractivity contribution < 1.29 is 14.2 Å². The third kappa shape index (κ3) is 7.77. The van der Waals surface area contributed by atoms with E-state index in [2.05, 4.69) is 10.3 Å². The molecule has 0 fully saturated rings. The Morgan fingerprint density at radius 2 is 2.05 bits per heavy atom. The second-order valence-electron chi connectivity index (χ2n) is 4.42. The molecule has 1 aromatic rings. The topological polar surface area (TPSA) is 52.6 Å². The molecule has 1 heterocycles. The fourth-order valence-corrected chi connectivity index (χ4v) is 1.43. The molecule has 19 heavy (non-hydrogen) atoms. The predicted molar refractivity (Wildman–Crippen MR) is 74.4 cm³/mol. The van der Waals surface area contributed by atoms with Crippen LogP contribution in [0, 0.1) is 0 Å². The van der Waals surface area contributed by atoms with E-state index >= 15 is 0 Å². The molecule has 0 bridgehead atoms. The second-order valence-corrected chi connectivity index (χ2v) is 4.42. The van der Waals surface area contributed by atoms with E-state index < -0.39 is 0 Å². The quantitative estimate of drug-likeness (QED) is 0.654. The van der Waals surface area contributed by atoms with Gasteiger partial charge in [0.25, 0.3) is 0 Å². The summed E-state index contributed by atoms with van der Waals surface area (Å²) in [5, 5.41) is 3.24. The van der Waals surface area contributed by atoms with Crippen molar-refractivity contribution in [1.82, 2.24) is 10.3 Å². The number of pyridine rings is 1. The zero-order valence-corrected chi connectivity index (χ0v) is 12.0. The van der Waals surface area contributed by atoms with Gasteiger partial charge in [0.05, 0.1) is 31.2 Å². The average Bonchev–Trinajstić information content (AvgIpc) is 2.41. The maximum absolute atomic E-state index is 5.53. The van der Waals surface area contributed by atoms with Crippen molar-refractivity contribution in [3.05, 3.63) is 24.0 Å². The summed E-state index contributed by atoms with van der Waals surface area (Å²) in [6, 6.07) is 3.88. The molecule has 0 amide bonds. The van der Waals surface area contributed by atoms with Crippen LogP contribution in [0.15, 0.2) is 18.3 Å². The van der Waals surface area contributed by atoms with Gasteiger partial charge >= 0.3 is 0 Å². The Morgan fingerprint density at radius 1 is 1.21 bits per heavy atom. The Morgan fingerprint density at radius 3 is 2.68 bits per heavy atom. The zero-order valence-electron chi connectivity index (χ0n) is 12.0. The van der Waals surface area contributed by atoms with Gasteiger partial charge in [0.2, 0.25) is 0 Å². The van der Waals surface area contributed by atoms with Crippen LogP contribution < -0.4 is 10.1 Å². The lowest BCUT2D eigenvalue weighted by atomic mass is 10.3. The van der Waals surface area contributed by atoms with Crippen molar-refractivity contribution in [2.24, 2.45) is 0 Å². The van der Waals surface area contributed by atoms with Crippen LogP contribution in [0.25, 0.3) is 0 Å². The van der Waals surface area contributed by atoms with Gasteiger partial charge < -0.3 is 19.5 Å². The zero-order chi connectivity index (χ0) is 13.9. The first-order chi connectivity index (χ1) is 9.22. The van der Waals surface area contributed by atoms with Crippen molar-refractivity contribution >= 4 is 0 Å². The van der Waals surface area contributed by atoms with E-state index in [1.54, 1.807) is 13.3 Å². The van der Waals surface area contributed by atoms with E-state index in [0.29, 0.717) is 19.8 Å². The number of aromatic nitrogens is 1. The average molecular weight is 268 g/mol. The van der Waals surface area contributed by atoms with Crippen molar-refractivity contribution in [3.63, 3.8) is 0 Å². The Labute approximate surface area is 115 Å². The first-order valence-corrected chi connectivity index (χ1v) is 6.61. The monoisotopic (exact) mass is 268 g/mol. The van der Waals surface area contributed by atoms with Gasteiger partial charge in [-0.1, -0.05) is 0 Å². The number of hydrogen-bond acceptors (Lipinski definition) is 5. The van der Waals surface area contributed by atoms with Gasteiger partial charge in [0.1, 0.15) is 12.4 Å². The molecule has 1 rings (SSSR count). The largest absolute Gasteiger partial charge is 0.490 e. The van der Waals surface area contributed by atoms with Gasteiger partial charge in [0, 0.05) is 20.2 Å². The number of ether oxygens (including phenoxy) is 3. The van der Waals surface area contributed by atoms with Crippen LogP contribution in [-0.4, -0.2) is 44.6 Å². The Bertz CT molecular complexity index is 328. The third-order valence-corrected chi connectivity index (χ3v) is 2.39. The van der Waals surface area contributed by atoms with Crippen molar-refractivity contribution in [2.75, 3.05) is 33.5 Å². The van der Waals surface area contributed by atoms with Gasteiger partial charge in [-0.05, 0) is 26.0 Å². The number of hydrogen-bond donors (Lipinski definition) is 1. The van der Waals surface area contributed by atoms with Gasteiger partial charge in [-0.15, -0.1) is 0 Å². The summed E-state index contributed by atoms with van der Waals surface area (Å²) < 4.78 is 15.9. The standard InChI is InChI=1S/C14H24N2O3/c1-12(2)18-8-9-19-14-5-4-13(16-11-14)10-15-6-7-17-3/h4-5,11-12,15H,6-10H2,1-3H3. The second kappa shape index (κ2) is 9.72. The first-order valence-electron chi connectivity index (χ1n) is 6.61. The van der Waals surface area contributed by atoms with Gasteiger partial charge in [-0.25, -0.2) is 0 Å². The lowest BCUT2D eigenvalue weighted by Gasteiger charge is -2.09. The molecule has 0 spiro atoms. The predicted octanol–water partition coefficient (Wildman–Crippen LogP) is 1.62. The maximum atomic E-state index is 5.53. The molecule has 5 nitrogen and oxygen atoms in total. The lowest BCUT2D eigenvalue weighted by molar-refractivity contribution is 0.0552. The first kappa shape index (κ1) is 15.9. The molecular weight excluding hydrogens is 244 g/mol. The van der Waals surface area contributed by atoms with Crippen LogP contribution in [0.2, 0.25) is 0 Å². The van der Waals surface area contributed by atoms with Gasteiger partial charge in [-0.3, -0.25) is 4.98 Å². The summed E-state index contributed by atoms with van der Waals surface area (Å²) in [7, 11) is 1.69. The van der Waals surface area contributed by atoms with E-state index in [4.69, 9.17) is 14.2 Å². The molecule has 1 N–H and O–H groups in total. The van der Waals surface area contributed by atoms with E-state index in [-0.39, 0.29) is 6.10 Å². The highest BCUT2D eigenvalue weighted by atomic mass is 16.5. The normalized spacial score (nSPS) is 10.9. The summed E-state index contributed by atoms with van der Waals surface area (Å²) in [6.45, 7) is 7.42. The summed E-state index contributed by atoms with van der Waals surface area (Å²) in [6.07, 6.45) is 1.98. The summed E-state index contributed by atoms with van der Waals surface area (Å²) >= 11 is 0.